The second kappa shape index (κ2) is 5.66. The number of alkyl halides is 3. The molecule has 0 bridgehead atoms. The molecule has 0 saturated heterocycles. The van der Waals surface area contributed by atoms with Gasteiger partial charge in [0.1, 0.15) is 4.83 Å². The molecule has 4 heteroatoms. The van der Waals surface area contributed by atoms with Gasteiger partial charge in [0.15, 0.2) is 0 Å². The lowest BCUT2D eigenvalue weighted by Crippen LogP contribution is -2.21. The molecule has 0 aromatic heterocycles. The molecule has 0 amide bonds. The van der Waals surface area contributed by atoms with Gasteiger partial charge in [-0.2, -0.15) is 8.78 Å². The quantitative estimate of drug-likeness (QED) is 0.741. The fraction of sp³-hybridized carbons (Fsp3) is 0.273. The first kappa shape index (κ1) is 12.7. The number of rotatable bonds is 4. The molecule has 0 N–H and O–H groups in total. The Morgan fingerprint density at radius 3 is 2.47 bits per heavy atom. The summed E-state index contributed by atoms with van der Waals surface area (Å²) in [5.41, 5.74) is 0.916. The van der Waals surface area contributed by atoms with Crippen LogP contribution in [0.1, 0.15) is 5.56 Å². The summed E-state index contributed by atoms with van der Waals surface area (Å²) in [7, 11) is 0. The second-order valence-corrected chi connectivity index (χ2v) is 4.88. The van der Waals surface area contributed by atoms with Crippen LogP contribution in [-0.2, 0) is 0 Å². The number of allylic oxidation sites excluding steroid dienone is 1. The first-order valence-corrected chi connectivity index (χ1v) is 6.50. The summed E-state index contributed by atoms with van der Waals surface area (Å²) in [4.78, 5) is -0.944. The largest absolute Gasteiger partial charge is 0.309 e. The molecule has 0 aliphatic rings. The van der Waals surface area contributed by atoms with Crippen LogP contribution in [0.15, 0.2) is 36.4 Å². The molecule has 1 aromatic carbocycles. The van der Waals surface area contributed by atoms with E-state index in [2.05, 4.69) is 15.9 Å². The van der Waals surface area contributed by atoms with E-state index in [9.17, 15) is 8.78 Å². The predicted molar refractivity (Wildman–Crippen MR) is 66.7 cm³/mol. The highest BCUT2D eigenvalue weighted by Crippen LogP contribution is 2.35. The minimum absolute atomic E-state index is 0.539. The zero-order valence-electron chi connectivity index (χ0n) is 8.16. The standard InChI is InChI=1S/C11H11BrF2S/c1-15-11(13,14)10(12)8-7-9-5-3-2-4-6-9/h2-8,10H,1H3/b8-7+. The van der Waals surface area contributed by atoms with Gasteiger partial charge in [0, 0.05) is 0 Å². The van der Waals surface area contributed by atoms with Crippen molar-refractivity contribution >= 4 is 33.8 Å². The molecular weight excluding hydrogens is 282 g/mol. The molecule has 0 heterocycles. The molecule has 0 fully saturated rings. The van der Waals surface area contributed by atoms with E-state index >= 15 is 0 Å². The summed E-state index contributed by atoms with van der Waals surface area (Å²) in [5.74, 6) is 0. The summed E-state index contributed by atoms with van der Waals surface area (Å²) < 4.78 is 26.2. The zero-order valence-corrected chi connectivity index (χ0v) is 10.6. The molecule has 0 nitrogen and oxygen atoms in total. The van der Waals surface area contributed by atoms with Gasteiger partial charge in [0.05, 0.1) is 0 Å². The van der Waals surface area contributed by atoms with Crippen LogP contribution in [0.2, 0.25) is 0 Å². The molecule has 82 valence electrons. The first-order valence-electron chi connectivity index (χ1n) is 4.36. The highest BCUT2D eigenvalue weighted by molar-refractivity contribution is 9.09. The Morgan fingerprint density at radius 2 is 1.93 bits per heavy atom. The molecule has 15 heavy (non-hydrogen) atoms. The van der Waals surface area contributed by atoms with E-state index in [0.29, 0.717) is 11.8 Å². The third kappa shape index (κ3) is 3.95. The number of hydrogen-bond donors (Lipinski definition) is 0. The minimum atomic E-state index is -2.77. The van der Waals surface area contributed by atoms with E-state index in [1.54, 1.807) is 6.08 Å². The Bertz CT molecular complexity index is 325. The lowest BCUT2D eigenvalue weighted by molar-refractivity contribution is 0.118. The molecule has 0 aliphatic heterocycles. The average Bonchev–Trinajstić information content (AvgIpc) is 2.27. The van der Waals surface area contributed by atoms with Gasteiger partial charge in [-0.1, -0.05) is 70.2 Å². The molecule has 1 rings (SSSR count). The Kier molecular flexibility index (Phi) is 4.80. The SMILES string of the molecule is CSC(F)(F)C(Br)/C=C/c1ccccc1. The predicted octanol–water partition coefficient (Wildman–Crippen LogP) is 4.42. The molecule has 1 atom stereocenters. The van der Waals surface area contributed by atoms with Crippen molar-refractivity contribution in [3.63, 3.8) is 0 Å². The topological polar surface area (TPSA) is 0 Å². The summed E-state index contributed by atoms with van der Waals surface area (Å²) in [6.07, 6.45) is 4.54. The highest BCUT2D eigenvalue weighted by atomic mass is 79.9. The lowest BCUT2D eigenvalue weighted by atomic mass is 10.2. The van der Waals surface area contributed by atoms with E-state index in [0.717, 1.165) is 5.56 Å². The molecule has 1 unspecified atom stereocenters. The van der Waals surface area contributed by atoms with Crippen LogP contribution >= 0.6 is 27.7 Å². The summed E-state index contributed by atoms with van der Waals surface area (Å²) >= 11 is 3.50. The van der Waals surface area contributed by atoms with Crippen molar-refractivity contribution in [1.82, 2.24) is 0 Å². The maximum Gasteiger partial charge on any atom is 0.309 e. The Hall–Kier alpha value is -0.350. The van der Waals surface area contributed by atoms with Gasteiger partial charge in [0.25, 0.3) is 0 Å². The number of thioether (sulfide) groups is 1. The van der Waals surface area contributed by atoms with Crippen LogP contribution in [0, 0.1) is 0 Å². The van der Waals surface area contributed by atoms with Gasteiger partial charge in [-0.3, -0.25) is 0 Å². The maximum atomic E-state index is 13.1. The smallest absolute Gasteiger partial charge is 0.193 e. The summed E-state index contributed by atoms with van der Waals surface area (Å²) in [5, 5.41) is -2.77. The molecule has 0 saturated carbocycles. The zero-order chi connectivity index (χ0) is 11.3. The number of halogens is 3. The minimum Gasteiger partial charge on any atom is -0.193 e. The molecule has 0 aliphatic carbocycles. The lowest BCUT2D eigenvalue weighted by Gasteiger charge is -2.16. The van der Waals surface area contributed by atoms with E-state index in [-0.39, 0.29) is 0 Å². The van der Waals surface area contributed by atoms with E-state index in [1.165, 1.54) is 12.3 Å². The van der Waals surface area contributed by atoms with Crippen LogP contribution in [0.25, 0.3) is 6.08 Å². The van der Waals surface area contributed by atoms with Crippen molar-refractivity contribution in [3.05, 3.63) is 42.0 Å². The van der Waals surface area contributed by atoms with Crippen LogP contribution in [0.5, 0.6) is 0 Å². The Balaban J connectivity index is 2.66. The Morgan fingerprint density at radius 1 is 1.33 bits per heavy atom. The van der Waals surface area contributed by atoms with Crippen LogP contribution in [0.3, 0.4) is 0 Å². The molecule has 0 radical (unpaired) electrons. The average molecular weight is 293 g/mol. The fourth-order valence-corrected chi connectivity index (χ4v) is 2.00. The van der Waals surface area contributed by atoms with Crippen LogP contribution < -0.4 is 0 Å². The first-order chi connectivity index (χ1) is 7.06. The summed E-state index contributed by atoms with van der Waals surface area (Å²) in [6.45, 7) is 0. The van der Waals surface area contributed by atoms with Gasteiger partial charge >= 0.3 is 5.25 Å². The molecule has 0 spiro atoms. The summed E-state index contributed by atoms with van der Waals surface area (Å²) in [6, 6.07) is 9.37. The monoisotopic (exact) mass is 292 g/mol. The van der Waals surface area contributed by atoms with E-state index in [1.807, 2.05) is 30.3 Å². The van der Waals surface area contributed by atoms with Gasteiger partial charge in [0.2, 0.25) is 0 Å². The molecule has 1 aromatic rings. The third-order valence-corrected chi connectivity index (χ3v) is 3.83. The van der Waals surface area contributed by atoms with Gasteiger partial charge in [-0.25, -0.2) is 0 Å². The van der Waals surface area contributed by atoms with Crippen molar-refractivity contribution in [3.8, 4) is 0 Å². The van der Waals surface area contributed by atoms with Crippen LogP contribution in [0.4, 0.5) is 8.78 Å². The third-order valence-electron chi connectivity index (χ3n) is 1.85. The van der Waals surface area contributed by atoms with Crippen molar-refractivity contribution < 1.29 is 8.78 Å². The van der Waals surface area contributed by atoms with Gasteiger partial charge in [-0.05, 0) is 11.8 Å². The number of hydrogen-bond acceptors (Lipinski definition) is 1. The fourth-order valence-electron chi connectivity index (χ4n) is 0.984. The van der Waals surface area contributed by atoms with Crippen molar-refractivity contribution in [2.24, 2.45) is 0 Å². The van der Waals surface area contributed by atoms with Crippen molar-refractivity contribution in [1.29, 1.82) is 0 Å². The van der Waals surface area contributed by atoms with Gasteiger partial charge < -0.3 is 0 Å². The van der Waals surface area contributed by atoms with Crippen molar-refractivity contribution in [2.75, 3.05) is 6.26 Å². The maximum absolute atomic E-state index is 13.1. The van der Waals surface area contributed by atoms with Crippen molar-refractivity contribution in [2.45, 2.75) is 10.1 Å². The van der Waals surface area contributed by atoms with Gasteiger partial charge in [-0.15, -0.1) is 0 Å². The number of benzene rings is 1. The van der Waals surface area contributed by atoms with E-state index < -0.39 is 10.1 Å². The van der Waals surface area contributed by atoms with E-state index in [4.69, 9.17) is 0 Å². The second-order valence-electron chi connectivity index (χ2n) is 2.94. The highest BCUT2D eigenvalue weighted by Gasteiger charge is 2.34. The normalized spacial score (nSPS) is 14.4. The molecular formula is C11H11BrF2S. The Labute approximate surface area is 101 Å². The van der Waals surface area contributed by atoms with Crippen LogP contribution in [-0.4, -0.2) is 16.3 Å².